The molecule has 9 heteroatoms. The Morgan fingerprint density at radius 1 is 1.17 bits per heavy atom. The molecule has 0 spiro atoms. The maximum Gasteiger partial charge on any atom is 0.258 e. The molecule has 2 N–H and O–H groups in total. The number of pyridine rings is 1. The van der Waals surface area contributed by atoms with Crippen molar-refractivity contribution >= 4 is 50.4 Å². The average molecular weight is 522 g/mol. The number of halogens is 1. The number of aromatic nitrogens is 1. The van der Waals surface area contributed by atoms with Crippen LogP contribution in [0.5, 0.6) is 5.75 Å². The fraction of sp³-hybridized carbons (Fsp3) is 0.462. The van der Waals surface area contributed by atoms with Gasteiger partial charge in [0.25, 0.3) is 5.91 Å². The lowest BCUT2D eigenvalue weighted by Gasteiger charge is -2.31. The number of hydrogen-bond acceptors (Lipinski definition) is 7. The van der Waals surface area contributed by atoms with E-state index in [0.717, 1.165) is 54.0 Å². The maximum absolute atomic E-state index is 13.1. The van der Waals surface area contributed by atoms with E-state index in [1.165, 1.54) is 11.3 Å². The number of thiophene rings is 1. The monoisotopic (exact) mass is 521 g/mol. The summed E-state index contributed by atoms with van der Waals surface area (Å²) in [7, 11) is 1.00. The van der Waals surface area contributed by atoms with Crippen molar-refractivity contribution in [2.24, 2.45) is 0 Å². The minimum absolute atomic E-state index is 0.142. The molecule has 1 fully saturated rings. The number of nitrogens with one attached hydrogen (secondary N) is 1. The van der Waals surface area contributed by atoms with Crippen LogP contribution in [0.4, 0.5) is 11.4 Å². The van der Waals surface area contributed by atoms with Crippen LogP contribution in [0.1, 0.15) is 50.5 Å². The molecule has 5 rings (SSSR count). The van der Waals surface area contributed by atoms with Crippen LogP contribution >= 0.6 is 22.9 Å². The highest BCUT2D eigenvalue weighted by molar-refractivity contribution is 7.17. The first-order chi connectivity index (χ1) is 17.1. The summed E-state index contributed by atoms with van der Waals surface area (Å²) in [5.74, 6) is 0.724. The van der Waals surface area contributed by atoms with Crippen LogP contribution in [0, 0.1) is 0 Å². The van der Waals surface area contributed by atoms with Crippen molar-refractivity contribution in [2.45, 2.75) is 47.1 Å². The zero-order valence-corrected chi connectivity index (χ0v) is 22.9. The number of aliphatic hydroxyl groups is 1. The van der Waals surface area contributed by atoms with Gasteiger partial charge in [-0.15, -0.1) is 11.3 Å². The number of morpholine rings is 1. The zero-order valence-electron chi connectivity index (χ0n) is 21.4. The predicted molar refractivity (Wildman–Crippen MR) is 147 cm³/mol. The predicted octanol–water partition coefficient (Wildman–Crippen LogP) is 6.02. The van der Waals surface area contributed by atoms with Crippen molar-refractivity contribution in [3.05, 3.63) is 45.9 Å². The van der Waals surface area contributed by atoms with E-state index in [-0.39, 0.29) is 12.0 Å². The third kappa shape index (κ3) is 6.85. The van der Waals surface area contributed by atoms with Crippen LogP contribution in [0.25, 0.3) is 10.2 Å². The van der Waals surface area contributed by atoms with Gasteiger partial charge in [-0.1, -0.05) is 39.3 Å². The standard InChI is InChI=1S/C21H20ClN3O3S.2C2H6.CH4O/c1-12-6-13-7-16(17(9-18(13)28-12)25-2-4-27-5-3-25)24-21(26)15-11-29-19-8-14(22)10-23-20(15)19;3*1-2/h7-12H,2-6H2,1H3,(H,24,26);2*1-2H3;2H,1H3. The Balaban J connectivity index is 0.000000671. The molecule has 192 valence electrons. The van der Waals surface area contributed by atoms with Crippen molar-refractivity contribution < 1.29 is 19.4 Å². The summed E-state index contributed by atoms with van der Waals surface area (Å²) in [4.78, 5) is 19.7. The molecule has 7 nitrogen and oxygen atoms in total. The highest BCUT2D eigenvalue weighted by Crippen LogP contribution is 2.39. The fourth-order valence-electron chi connectivity index (χ4n) is 3.86. The molecule has 1 atom stereocenters. The van der Waals surface area contributed by atoms with Gasteiger partial charge in [-0.3, -0.25) is 9.78 Å². The molecule has 35 heavy (non-hydrogen) atoms. The summed E-state index contributed by atoms with van der Waals surface area (Å²) >= 11 is 7.49. The number of aliphatic hydroxyl groups excluding tert-OH is 1. The smallest absolute Gasteiger partial charge is 0.258 e. The van der Waals surface area contributed by atoms with E-state index in [0.29, 0.717) is 29.3 Å². The second-order valence-corrected chi connectivity index (χ2v) is 8.66. The van der Waals surface area contributed by atoms with Crippen molar-refractivity contribution in [3.63, 3.8) is 0 Å². The number of nitrogens with zero attached hydrogens (tertiary/aromatic N) is 2. The van der Waals surface area contributed by atoms with E-state index >= 15 is 0 Å². The first-order valence-electron chi connectivity index (χ1n) is 12.0. The van der Waals surface area contributed by atoms with Gasteiger partial charge >= 0.3 is 0 Å². The van der Waals surface area contributed by atoms with Crippen molar-refractivity contribution in [3.8, 4) is 5.75 Å². The molecule has 1 unspecified atom stereocenters. The van der Waals surface area contributed by atoms with Gasteiger partial charge in [0, 0.05) is 49.8 Å². The third-order valence-corrected chi connectivity index (χ3v) is 6.36. The number of rotatable bonds is 3. The summed E-state index contributed by atoms with van der Waals surface area (Å²) in [6, 6.07) is 5.92. The van der Waals surface area contributed by atoms with Crippen LogP contribution in [-0.4, -0.2) is 55.5 Å². The van der Waals surface area contributed by atoms with Gasteiger partial charge in [0.05, 0.1) is 45.4 Å². The molecule has 0 aliphatic carbocycles. The first kappa shape index (κ1) is 28.8. The Bertz CT molecular complexity index is 1100. The molecule has 2 aromatic heterocycles. The van der Waals surface area contributed by atoms with E-state index in [1.807, 2.05) is 51.3 Å². The molecule has 2 aliphatic rings. The van der Waals surface area contributed by atoms with Crippen molar-refractivity contribution in [2.75, 3.05) is 43.6 Å². The quantitative estimate of drug-likeness (QED) is 0.438. The normalized spacial score (nSPS) is 15.9. The lowest BCUT2D eigenvalue weighted by Crippen LogP contribution is -2.36. The molecule has 1 amide bonds. The van der Waals surface area contributed by atoms with E-state index in [1.54, 1.807) is 6.20 Å². The van der Waals surface area contributed by atoms with Gasteiger partial charge in [0.1, 0.15) is 11.9 Å². The zero-order chi connectivity index (χ0) is 26.0. The van der Waals surface area contributed by atoms with Gasteiger partial charge in [-0.05, 0) is 19.1 Å². The van der Waals surface area contributed by atoms with Crippen molar-refractivity contribution in [1.82, 2.24) is 4.98 Å². The van der Waals surface area contributed by atoms with Gasteiger partial charge in [-0.25, -0.2) is 0 Å². The summed E-state index contributed by atoms with van der Waals surface area (Å²) in [6.07, 6.45) is 2.55. The molecular formula is C26H36ClN3O4S. The Morgan fingerprint density at radius 2 is 1.86 bits per heavy atom. The van der Waals surface area contributed by atoms with Gasteiger partial charge in [0.15, 0.2) is 0 Å². The summed E-state index contributed by atoms with van der Waals surface area (Å²) in [6.45, 7) is 12.9. The highest BCUT2D eigenvalue weighted by atomic mass is 35.5. The Kier molecular flexibility index (Phi) is 11.7. The number of fused-ring (bicyclic) bond motifs is 2. The summed E-state index contributed by atoms with van der Waals surface area (Å²) in [5.41, 5.74) is 4.10. The molecule has 0 bridgehead atoms. The van der Waals surface area contributed by atoms with Crippen LogP contribution in [-0.2, 0) is 11.2 Å². The van der Waals surface area contributed by atoms with Gasteiger partial charge < -0.3 is 24.8 Å². The second kappa shape index (κ2) is 14.2. The molecule has 0 radical (unpaired) electrons. The van der Waals surface area contributed by atoms with Crippen LogP contribution in [0.2, 0.25) is 5.02 Å². The SMILES string of the molecule is CC.CC.CC1Cc2cc(NC(=O)c3csc4cc(Cl)cnc34)c(N3CCOCC3)cc2O1.CO. The minimum atomic E-state index is -0.174. The number of carbonyl (C=O) groups excluding carboxylic acids is 1. The van der Waals surface area contributed by atoms with Crippen LogP contribution < -0.4 is 15.0 Å². The summed E-state index contributed by atoms with van der Waals surface area (Å²) < 4.78 is 12.3. The van der Waals surface area contributed by atoms with Gasteiger partial charge in [0.2, 0.25) is 0 Å². The molecular weight excluding hydrogens is 486 g/mol. The topological polar surface area (TPSA) is 83.9 Å². The van der Waals surface area contributed by atoms with Crippen molar-refractivity contribution in [1.29, 1.82) is 0 Å². The fourth-order valence-corrected chi connectivity index (χ4v) is 5.01. The molecule has 0 saturated carbocycles. The second-order valence-electron chi connectivity index (χ2n) is 7.31. The van der Waals surface area contributed by atoms with E-state index in [4.69, 9.17) is 26.2 Å². The first-order valence-corrected chi connectivity index (χ1v) is 13.3. The number of anilines is 2. The third-order valence-electron chi connectivity index (χ3n) is 5.24. The molecule has 1 aromatic carbocycles. The Labute approximate surface area is 217 Å². The van der Waals surface area contributed by atoms with E-state index in [9.17, 15) is 4.79 Å². The summed E-state index contributed by atoms with van der Waals surface area (Å²) in [5, 5.41) is 12.5. The largest absolute Gasteiger partial charge is 0.490 e. The number of hydrogen-bond donors (Lipinski definition) is 2. The Morgan fingerprint density at radius 3 is 2.54 bits per heavy atom. The molecule has 1 saturated heterocycles. The molecule has 4 heterocycles. The lowest BCUT2D eigenvalue weighted by atomic mass is 10.1. The number of amides is 1. The maximum atomic E-state index is 13.1. The number of carbonyl (C=O) groups is 1. The average Bonchev–Trinajstić information content (AvgIpc) is 3.49. The van der Waals surface area contributed by atoms with Gasteiger partial charge in [-0.2, -0.15) is 0 Å². The van der Waals surface area contributed by atoms with E-state index < -0.39 is 0 Å². The van der Waals surface area contributed by atoms with E-state index in [2.05, 4.69) is 22.1 Å². The Hall–Kier alpha value is -2.39. The van der Waals surface area contributed by atoms with Crippen LogP contribution in [0.3, 0.4) is 0 Å². The minimum Gasteiger partial charge on any atom is -0.490 e. The number of benzene rings is 1. The molecule has 2 aliphatic heterocycles. The lowest BCUT2D eigenvalue weighted by molar-refractivity contribution is 0.102. The highest BCUT2D eigenvalue weighted by Gasteiger charge is 2.25. The van der Waals surface area contributed by atoms with Crippen LogP contribution in [0.15, 0.2) is 29.8 Å². The molecule has 3 aromatic rings. The number of ether oxygens (including phenoxy) is 2.